The molecule has 0 aromatic carbocycles. The number of nitrogens with two attached hydrogens (primary N) is 1. The predicted molar refractivity (Wildman–Crippen MR) is 72.2 cm³/mol. The van der Waals surface area contributed by atoms with Gasteiger partial charge in [-0.1, -0.05) is 33.0 Å². The van der Waals surface area contributed by atoms with Crippen molar-refractivity contribution in [3.8, 4) is 0 Å². The van der Waals surface area contributed by atoms with Gasteiger partial charge in [0.15, 0.2) is 0 Å². The molecule has 0 saturated heterocycles. The summed E-state index contributed by atoms with van der Waals surface area (Å²) in [5.74, 6) is 0.688. The quantitative estimate of drug-likeness (QED) is 0.682. The van der Waals surface area contributed by atoms with E-state index in [1.54, 1.807) is 0 Å². The van der Waals surface area contributed by atoms with Gasteiger partial charge in [-0.3, -0.25) is 4.90 Å². The minimum atomic E-state index is 0.505. The van der Waals surface area contributed by atoms with Crippen molar-refractivity contribution in [2.24, 2.45) is 11.7 Å². The average Bonchev–Trinajstić information content (AvgIpc) is 2.09. The Kier molecular flexibility index (Phi) is 7.11. The molecule has 0 aromatic rings. The number of nitrogens with zero attached hydrogens (tertiary/aromatic N) is 1. The Labute approximate surface area is 100 Å². The molecule has 0 spiro atoms. The van der Waals surface area contributed by atoms with Gasteiger partial charge in [0.05, 0.1) is 4.99 Å². The monoisotopic (exact) mass is 230 g/mol. The molecule has 90 valence electrons. The lowest BCUT2D eigenvalue weighted by molar-refractivity contribution is 0.134. The first-order valence-electron chi connectivity index (χ1n) is 5.92. The van der Waals surface area contributed by atoms with Crippen LogP contribution < -0.4 is 5.73 Å². The third kappa shape index (κ3) is 6.10. The minimum absolute atomic E-state index is 0.505. The molecular formula is C12H26N2S. The van der Waals surface area contributed by atoms with Crippen LogP contribution in [-0.2, 0) is 0 Å². The summed E-state index contributed by atoms with van der Waals surface area (Å²) in [4.78, 5) is 3.15. The van der Waals surface area contributed by atoms with Crippen molar-refractivity contribution < 1.29 is 0 Å². The highest BCUT2D eigenvalue weighted by Gasteiger charge is 2.20. The summed E-state index contributed by atoms with van der Waals surface area (Å²) in [6.07, 6.45) is 1.96. The van der Waals surface area contributed by atoms with E-state index in [1.807, 2.05) is 0 Å². The van der Waals surface area contributed by atoms with E-state index in [2.05, 4.69) is 39.5 Å². The fourth-order valence-corrected chi connectivity index (χ4v) is 2.12. The van der Waals surface area contributed by atoms with Crippen LogP contribution in [0.15, 0.2) is 0 Å². The van der Waals surface area contributed by atoms with Crippen molar-refractivity contribution in [2.75, 3.05) is 6.54 Å². The molecule has 0 aliphatic heterocycles. The smallest absolute Gasteiger partial charge is 0.0743 e. The molecule has 0 fully saturated rings. The molecule has 2 nitrogen and oxygen atoms in total. The summed E-state index contributed by atoms with van der Waals surface area (Å²) in [6.45, 7) is 12.3. The topological polar surface area (TPSA) is 29.3 Å². The molecule has 1 unspecified atom stereocenters. The van der Waals surface area contributed by atoms with Gasteiger partial charge in [-0.15, -0.1) is 0 Å². The molecule has 0 saturated carbocycles. The molecule has 0 radical (unpaired) electrons. The Bertz CT molecular complexity index is 190. The fraction of sp³-hybridized carbons (Fsp3) is 0.917. The van der Waals surface area contributed by atoms with Crippen molar-refractivity contribution in [1.29, 1.82) is 0 Å². The first-order chi connectivity index (χ1) is 6.88. The Morgan fingerprint density at radius 2 is 1.80 bits per heavy atom. The van der Waals surface area contributed by atoms with Gasteiger partial charge in [-0.25, -0.2) is 0 Å². The Hall–Kier alpha value is -0.150. The molecule has 0 aromatic heterocycles. The first-order valence-corrected chi connectivity index (χ1v) is 6.33. The molecule has 0 amide bonds. The molecule has 0 heterocycles. The Morgan fingerprint density at radius 3 is 2.07 bits per heavy atom. The maximum atomic E-state index is 5.64. The van der Waals surface area contributed by atoms with Gasteiger partial charge in [0, 0.05) is 25.0 Å². The zero-order valence-electron chi connectivity index (χ0n) is 10.8. The van der Waals surface area contributed by atoms with Gasteiger partial charge >= 0.3 is 0 Å². The summed E-state index contributed by atoms with van der Waals surface area (Å²) in [5.41, 5.74) is 5.64. The molecular weight excluding hydrogens is 204 g/mol. The van der Waals surface area contributed by atoms with Gasteiger partial charge < -0.3 is 5.73 Å². The van der Waals surface area contributed by atoms with Crippen LogP contribution in [0.1, 0.15) is 47.5 Å². The van der Waals surface area contributed by atoms with E-state index >= 15 is 0 Å². The lowest BCUT2D eigenvalue weighted by Crippen LogP contribution is -2.44. The molecule has 0 aliphatic rings. The molecule has 1 atom stereocenters. The van der Waals surface area contributed by atoms with Gasteiger partial charge in [0.1, 0.15) is 0 Å². The second-order valence-electron chi connectivity index (χ2n) is 4.92. The molecule has 3 heteroatoms. The van der Waals surface area contributed by atoms with Gasteiger partial charge in [-0.2, -0.15) is 0 Å². The average molecular weight is 230 g/mol. The standard InChI is InChI=1S/C12H26N2S/c1-6-11(7-12(13)15)14(10(4)5)8-9(2)3/h9-11H,6-8H2,1-5H3,(H2,13,15). The number of hydrogen-bond acceptors (Lipinski definition) is 2. The fourth-order valence-electron chi connectivity index (χ4n) is 1.93. The molecule has 0 rings (SSSR count). The lowest BCUT2D eigenvalue weighted by Gasteiger charge is -2.35. The van der Waals surface area contributed by atoms with Gasteiger partial charge in [-0.05, 0) is 26.2 Å². The highest BCUT2D eigenvalue weighted by atomic mass is 32.1. The molecule has 15 heavy (non-hydrogen) atoms. The summed E-state index contributed by atoms with van der Waals surface area (Å²) < 4.78 is 0. The number of rotatable bonds is 7. The number of thiocarbonyl (C=S) groups is 1. The second-order valence-corrected chi connectivity index (χ2v) is 5.44. The maximum absolute atomic E-state index is 5.64. The van der Waals surface area contributed by atoms with E-state index in [4.69, 9.17) is 18.0 Å². The summed E-state index contributed by atoms with van der Waals surface area (Å²) in [5, 5.41) is 0. The minimum Gasteiger partial charge on any atom is -0.393 e. The Balaban J connectivity index is 4.47. The van der Waals surface area contributed by atoms with Crippen LogP contribution >= 0.6 is 12.2 Å². The third-order valence-electron chi connectivity index (χ3n) is 2.62. The van der Waals surface area contributed by atoms with E-state index in [-0.39, 0.29) is 0 Å². The maximum Gasteiger partial charge on any atom is 0.0743 e. The summed E-state index contributed by atoms with van der Waals surface area (Å²) in [6, 6.07) is 1.07. The summed E-state index contributed by atoms with van der Waals surface area (Å²) in [7, 11) is 0. The van der Waals surface area contributed by atoms with Crippen LogP contribution in [-0.4, -0.2) is 28.5 Å². The highest BCUT2D eigenvalue weighted by Crippen LogP contribution is 2.15. The molecule has 0 bridgehead atoms. The summed E-state index contributed by atoms with van der Waals surface area (Å²) >= 11 is 5.01. The van der Waals surface area contributed by atoms with E-state index in [0.717, 1.165) is 19.4 Å². The van der Waals surface area contributed by atoms with Crippen LogP contribution in [0.5, 0.6) is 0 Å². The van der Waals surface area contributed by atoms with E-state index < -0.39 is 0 Å². The zero-order chi connectivity index (χ0) is 12.0. The van der Waals surface area contributed by atoms with Crippen molar-refractivity contribution in [3.63, 3.8) is 0 Å². The highest BCUT2D eigenvalue weighted by molar-refractivity contribution is 7.80. The first kappa shape index (κ1) is 14.8. The molecule has 2 N–H and O–H groups in total. The van der Waals surface area contributed by atoms with Gasteiger partial charge in [0.25, 0.3) is 0 Å². The van der Waals surface area contributed by atoms with E-state index in [1.165, 1.54) is 0 Å². The second kappa shape index (κ2) is 7.18. The van der Waals surface area contributed by atoms with Crippen LogP contribution in [0.4, 0.5) is 0 Å². The van der Waals surface area contributed by atoms with E-state index in [9.17, 15) is 0 Å². The zero-order valence-corrected chi connectivity index (χ0v) is 11.6. The normalized spacial score (nSPS) is 13.9. The SMILES string of the molecule is CCC(CC(N)=S)N(CC(C)C)C(C)C. The Morgan fingerprint density at radius 1 is 1.27 bits per heavy atom. The van der Waals surface area contributed by atoms with Crippen LogP contribution in [0, 0.1) is 5.92 Å². The van der Waals surface area contributed by atoms with Crippen LogP contribution in [0.3, 0.4) is 0 Å². The van der Waals surface area contributed by atoms with Crippen molar-refractivity contribution in [1.82, 2.24) is 4.90 Å². The van der Waals surface area contributed by atoms with E-state index in [0.29, 0.717) is 23.0 Å². The van der Waals surface area contributed by atoms with Crippen molar-refractivity contribution >= 4 is 17.2 Å². The van der Waals surface area contributed by atoms with Gasteiger partial charge in [0.2, 0.25) is 0 Å². The molecule has 0 aliphatic carbocycles. The lowest BCUT2D eigenvalue weighted by atomic mass is 10.0. The third-order valence-corrected chi connectivity index (χ3v) is 2.78. The predicted octanol–water partition coefficient (Wildman–Crippen LogP) is 2.81. The van der Waals surface area contributed by atoms with Crippen LogP contribution in [0.2, 0.25) is 0 Å². The largest absolute Gasteiger partial charge is 0.393 e. The number of hydrogen-bond donors (Lipinski definition) is 1. The van der Waals surface area contributed by atoms with Crippen molar-refractivity contribution in [3.05, 3.63) is 0 Å². The van der Waals surface area contributed by atoms with Crippen molar-refractivity contribution in [2.45, 2.75) is 59.5 Å². The van der Waals surface area contributed by atoms with Crippen LogP contribution in [0.25, 0.3) is 0 Å².